The maximum atomic E-state index is 13.1. The van der Waals surface area contributed by atoms with Crippen molar-refractivity contribution in [1.29, 1.82) is 0 Å². The second-order valence-electron chi connectivity index (χ2n) is 4.87. The minimum atomic E-state index is -4.41. The summed E-state index contributed by atoms with van der Waals surface area (Å²) in [5.41, 5.74) is 1.83. The molecule has 110 valence electrons. The van der Waals surface area contributed by atoms with Gasteiger partial charge in [0.25, 0.3) is 0 Å². The molecule has 2 rings (SSSR count). The van der Waals surface area contributed by atoms with Crippen molar-refractivity contribution in [3.05, 3.63) is 29.3 Å². The number of hydrogen-bond acceptors (Lipinski definition) is 3. The summed E-state index contributed by atoms with van der Waals surface area (Å²) in [6.45, 7) is 3.60. The summed E-state index contributed by atoms with van der Waals surface area (Å²) in [5.74, 6) is -1.55. The summed E-state index contributed by atoms with van der Waals surface area (Å²) >= 11 is 0. The zero-order valence-corrected chi connectivity index (χ0v) is 11.3. The Morgan fingerprint density at radius 2 is 2.10 bits per heavy atom. The summed E-state index contributed by atoms with van der Waals surface area (Å²) < 4.78 is 44.1. The summed E-state index contributed by atoms with van der Waals surface area (Å²) in [4.78, 5) is 11.5. The van der Waals surface area contributed by atoms with Crippen molar-refractivity contribution < 1.29 is 22.7 Å². The van der Waals surface area contributed by atoms with Crippen LogP contribution in [-0.4, -0.2) is 24.8 Å². The third-order valence-electron chi connectivity index (χ3n) is 3.36. The maximum Gasteiger partial charge on any atom is 0.409 e. The minimum Gasteiger partial charge on any atom is -0.466 e. The first-order chi connectivity index (χ1) is 9.32. The van der Waals surface area contributed by atoms with Gasteiger partial charge >= 0.3 is 12.1 Å². The Labute approximate surface area is 115 Å². The van der Waals surface area contributed by atoms with Crippen molar-refractivity contribution in [3.8, 4) is 0 Å². The molecule has 1 aliphatic rings. The summed E-state index contributed by atoms with van der Waals surface area (Å²) in [6, 6.07) is 3.31. The molecule has 0 aliphatic carbocycles. The van der Waals surface area contributed by atoms with Gasteiger partial charge < -0.3 is 10.1 Å². The maximum absolute atomic E-state index is 13.1. The zero-order chi connectivity index (χ0) is 14.9. The topological polar surface area (TPSA) is 38.3 Å². The SMILES string of the molecule is CCOC(=O)CC1c2cc(C)ccc2NC1C(F)(F)F. The van der Waals surface area contributed by atoms with E-state index in [1.807, 2.05) is 6.92 Å². The van der Waals surface area contributed by atoms with E-state index in [-0.39, 0.29) is 13.0 Å². The molecular formula is C14H16F3NO2. The van der Waals surface area contributed by atoms with E-state index in [9.17, 15) is 18.0 Å². The number of hydrogen-bond donors (Lipinski definition) is 1. The van der Waals surface area contributed by atoms with E-state index in [4.69, 9.17) is 4.74 Å². The fourth-order valence-corrected chi connectivity index (χ4v) is 2.51. The lowest BCUT2D eigenvalue weighted by Crippen LogP contribution is -2.38. The molecule has 1 N–H and O–H groups in total. The summed E-state index contributed by atoms with van der Waals surface area (Å²) in [6.07, 6.45) is -4.69. The fourth-order valence-electron chi connectivity index (χ4n) is 2.51. The highest BCUT2D eigenvalue weighted by Crippen LogP contribution is 2.44. The Balaban J connectivity index is 2.32. The number of fused-ring (bicyclic) bond motifs is 1. The normalized spacial score (nSPS) is 21.2. The van der Waals surface area contributed by atoms with Crippen LogP contribution >= 0.6 is 0 Å². The first-order valence-corrected chi connectivity index (χ1v) is 6.42. The second kappa shape index (κ2) is 5.34. The standard InChI is InChI=1S/C14H16F3NO2/c1-3-20-12(19)7-10-9-6-8(2)4-5-11(9)18-13(10)14(15,16)17/h4-6,10,13,18H,3,7H2,1-2H3. The van der Waals surface area contributed by atoms with Gasteiger partial charge in [-0.25, -0.2) is 0 Å². The van der Waals surface area contributed by atoms with Crippen LogP contribution in [0.15, 0.2) is 18.2 Å². The van der Waals surface area contributed by atoms with Crippen molar-refractivity contribution in [2.24, 2.45) is 0 Å². The van der Waals surface area contributed by atoms with Gasteiger partial charge in [0.1, 0.15) is 6.04 Å². The Bertz CT molecular complexity index is 514. The van der Waals surface area contributed by atoms with Crippen molar-refractivity contribution in [2.75, 3.05) is 11.9 Å². The van der Waals surface area contributed by atoms with Crippen molar-refractivity contribution in [2.45, 2.75) is 38.4 Å². The average Bonchev–Trinajstić information content (AvgIpc) is 2.68. The highest BCUT2D eigenvalue weighted by Gasteiger charge is 2.50. The monoisotopic (exact) mass is 287 g/mol. The predicted molar refractivity (Wildman–Crippen MR) is 68.6 cm³/mol. The Kier molecular flexibility index (Phi) is 3.92. The number of halogens is 3. The van der Waals surface area contributed by atoms with Gasteiger partial charge in [-0.15, -0.1) is 0 Å². The third kappa shape index (κ3) is 2.89. The number of carbonyl (C=O) groups is 1. The minimum absolute atomic E-state index is 0.163. The van der Waals surface area contributed by atoms with E-state index >= 15 is 0 Å². The van der Waals surface area contributed by atoms with Crippen LogP contribution < -0.4 is 5.32 Å². The Morgan fingerprint density at radius 3 is 2.70 bits per heavy atom. The van der Waals surface area contributed by atoms with Gasteiger partial charge in [0, 0.05) is 11.6 Å². The van der Waals surface area contributed by atoms with Crippen LogP contribution in [0.25, 0.3) is 0 Å². The van der Waals surface area contributed by atoms with Crippen LogP contribution in [0.3, 0.4) is 0 Å². The molecule has 0 saturated heterocycles. The van der Waals surface area contributed by atoms with Gasteiger partial charge in [-0.3, -0.25) is 4.79 Å². The Hall–Kier alpha value is -1.72. The molecule has 1 heterocycles. The van der Waals surface area contributed by atoms with Gasteiger partial charge in [-0.05, 0) is 25.5 Å². The Morgan fingerprint density at radius 1 is 1.40 bits per heavy atom. The highest BCUT2D eigenvalue weighted by molar-refractivity contribution is 5.73. The molecule has 0 amide bonds. The highest BCUT2D eigenvalue weighted by atomic mass is 19.4. The molecule has 6 heteroatoms. The van der Waals surface area contributed by atoms with Gasteiger partial charge in [-0.2, -0.15) is 13.2 Å². The van der Waals surface area contributed by atoms with E-state index in [1.54, 1.807) is 25.1 Å². The molecule has 1 aliphatic heterocycles. The number of carbonyl (C=O) groups excluding carboxylic acids is 1. The molecule has 1 aromatic carbocycles. The number of nitrogens with one attached hydrogen (secondary N) is 1. The molecule has 0 saturated carbocycles. The first kappa shape index (κ1) is 14.7. The zero-order valence-electron chi connectivity index (χ0n) is 11.3. The fraction of sp³-hybridized carbons (Fsp3) is 0.500. The lowest BCUT2D eigenvalue weighted by molar-refractivity contribution is -0.152. The average molecular weight is 287 g/mol. The van der Waals surface area contributed by atoms with Crippen molar-refractivity contribution >= 4 is 11.7 Å². The van der Waals surface area contributed by atoms with Crippen LogP contribution in [0.1, 0.15) is 30.4 Å². The third-order valence-corrected chi connectivity index (χ3v) is 3.36. The second-order valence-corrected chi connectivity index (χ2v) is 4.87. The summed E-state index contributed by atoms with van der Waals surface area (Å²) in [7, 11) is 0. The van der Waals surface area contributed by atoms with Gasteiger partial charge in [0.2, 0.25) is 0 Å². The van der Waals surface area contributed by atoms with Crippen LogP contribution in [-0.2, 0) is 9.53 Å². The number of esters is 1. The molecular weight excluding hydrogens is 271 g/mol. The van der Waals surface area contributed by atoms with Crippen LogP contribution in [0.5, 0.6) is 0 Å². The molecule has 0 radical (unpaired) electrons. The number of rotatable bonds is 3. The van der Waals surface area contributed by atoms with Gasteiger partial charge in [0.15, 0.2) is 0 Å². The van der Waals surface area contributed by atoms with E-state index in [0.717, 1.165) is 5.56 Å². The number of benzene rings is 1. The smallest absolute Gasteiger partial charge is 0.409 e. The number of aryl methyl sites for hydroxylation is 1. The van der Waals surface area contributed by atoms with Crippen LogP contribution in [0.2, 0.25) is 0 Å². The molecule has 20 heavy (non-hydrogen) atoms. The lowest BCUT2D eigenvalue weighted by Gasteiger charge is -2.22. The van der Waals surface area contributed by atoms with Crippen molar-refractivity contribution in [1.82, 2.24) is 0 Å². The molecule has 3 nitrogen and oxygen atoms in total. The molecule has 0 fully saturated rings. The number of anilines is 1. The van der Waals surface area contributed by atoms with Crippen molar-refractivity contribution in [3.63, 3.8) is 0 Å². The van der Waals surface area contributed by atoms with E-state index < -0.39 is 24.1 Å². The predicted octanol–water partition coefficient (Wildman–Crippen LogP) is 3.39. The van der Waals surface area contributed by atoms with E-state index in [2.05, 4.69) is 5.32 Å². The van der Waals surface area contributed by atoms with Crippen LogP contribution in [0, 0.1) is 6.92 Å². The number of ether oxygens (including phenoxy) is 1. The summed E-state index contributed by atoms with van der Waals surface area (Å²) in [5, 5.41) is 2.47. The quantitative estimate of drug-likeness (QED) is 0.866. The van der Waals surface area contributed by atoms with Crippen LogP contribution in [0.4, 0.5) is 18.9 Å². The first-order valence-electron chi connectivity index (χ1n) is 6.42. The molecule has 0 bridgehead atoms. The molecule has 2 atom stereocenters. The molecule has 1 aromatic rings. The van der Waals surface area contributed by atoms with E-state index in [1.165, 1.54) is 0 Å². The molecule has 2 unspecified atom stereocenters. The molecule has 0 spiro atoms. The lowest BCUT2D eigenvalue weighted by atomic mass is 9.90. The largest absolute Gasteiger partial charge is 0.466 e. The van der Waals surface area contributed by atoms with Gasteiger partial charge in [0.05, 0.1) is 13.0 Å². The molecule has 0 aromatic heterocycles. The van der Waals surface area contributed by atoms with E-state index in [0.29, 0.717) is 11.3 Å². The number of alkyl halides is 3. The van der Waals surface area contributed by atoms with Gasteiger partial charge in [-0.1, -0.05) is 17.7 Å².